The molecule has 0 fully saturated rings. The van der Waals surface area contributed by atoms with Crippen molar-refractivity contribution in [2.75, 3.05) is 27.1 Å². The number of hydrogen-bond acceptors (Lipinski definition) is 3. The molecule has 3 heteroatoms. The van der Waals surface area contributed by atoms with Crippen LogP contribution in [0.15, 0.2) is 0 Å². The highest BCUT2D eigenvalue weighted by Gasteiger charge is 1.92. The van der Waals surface area contributed by atoms with Gasteiger partial charge in [0.15, 0.2) is 0 Å². The van der Waals surface area contributed by atoms with E-state index in [9.17, 15) is 0 Å². The Kier molecular flexibility index (Phi) is 13.8. The quantitative estimate of drug-likeness (QED) is 0.404. The fourth-order valence-electron chi connectivity index (χ4n) is 1.52. The van der Waals surface area contributed by atoms with Crippen LogP contribution < -0.4 is 0 Å². The molecule has 0 unspecified atom stereocenters. The highest BCUT2D eigenvalue weighted by Crippen LogP contribution is 2.08. The summed E-state index contributed by atoms with van der Waals surface area (Å²) in [6.07, 6.45) is 9.72. The molecule has 0 rings (SSSR count). The lowest BCUT2D eigenvalue weighted by Crippen LogP contribution is -1.98. The molecule has 0 radical (unpaired) electrons. The first-order valence-electron chi connectivity index (χ1n) is 6.09. The molecule has 0 saturated carbocycles. The summed E-state index contributed by atoms with van der Waals surface area (Å²) in [5, 5.41) is 8.59. The predicted molar refractivity (Wildman–Crippen MR) is 61.8 cm³/mol. The summed E-state index contributed by atoms with van der Waals surface area (Å²) in [6, 6.07) is 0. The molecule has 0 amide bonds. The highest BCUT2D eigenvalue weighted by atomic mass is 16.7. The number of methoxy groups -OCH3 is 1. The van der Waals surface area contributed by atoms with Gasteiger partial charge in [0.25, 0.3) is 0 Å². The molecule has 0 aromatic carbocycles. The van der Waals surface area contributed by atoms with E-state index >= 15 is 0 Å². The zero-order chi connectivity index (χ0) is 11.2. The minimum atomic E-state index is 0.344. The van der Waals surface area contributed by atoms with Gasteiger partial charge in [-0.15, -0.1) is 0 Å². The van der Waals surface area contributed by atoms with Crippen LogP contribution in [0.5, 0.6) is 0 Å². The summed E-state index contributed by atoms with van der Waals surface area (Å²) in [6.45, 7) is 1.58. The molecule has 3 nitrogen and oxygen atoms in total. The Bertz CT molecular complexity index is 95.0. The molecule has 0 aliphatic carbocycles. The van der Waals surface area contributed by atoms with Gasteiger partial charge in [-0.25, -0.2) is 0 Å². The van der Waals surface area contributed by atoms with Crippen molar-refractivity contribution in [3.05, 3.63) is 0 Å². The van der Waals surface area contributed by atoms with Crippen LogP contribution >= 0.6 is 0 Å². The molecule has 0 atom stereocenters. The van der Waals surface area contributed by atoms with E-state index in [0.29, 0.717) is 13.4 Å². The van der Waals surface area contributed by atoms with Gasteiger partial charge in [-0.1, -0.05) is 38.5 Å². The van der Waals surface area contributed by atoms with E-state index < -0.39 is 0 Å². The van der Waals surface area contributed by atoms with Gasteiger partial charge in [-0.2, -0.15) is 0 Å². The standard InChI is InChI=1S/C12H26O3/c1-14-12-15-11-9-7-5-3-2-4-6-8-10-13/h13H,2-12H2,1H3. The van der Waals surface area contributed by atoms with Gasteiger partial charge in [0.05, 0.1) is 0 Å². The second-order valence-electron chi connectivity index (χ2n) is 3.87. The van der Waals surface area contributed by atoms with Crippen molar-refractivity contribution in [1.29, 1.82) is 0 Å². The summed E-state index contributed by atoms with van der Waals surface area (Å²) in [5.41, 5.74) is 0. The number of rotatable bonds is 12. The molecule has 0 bridgehead atoms. The SMILES string of the molecule is COCOCCCCCCCCCCO. The van der Waals surface area contributed by atoms with Crippen molar-refractivity contribution < 1.29 is 14.6 Å². The Morgan fingerprint density at radius 3 is 1.87 bits per heavy atom. The van der Waals surface area contributed by atoms with Gasteiger partial charge in [-0.3, -0.25) is 0 Å². The van der Waals surface area contributed by atoms with Crippen LogP contribution in [0, 0.1) is 0 Å². The Morgan fingerprint density at radius 1 is 0.800 bits per heavy atom. The van der Waals surface area contributed by atoms with Gasteiger partial charge in [0.2, 0.25) is 0 Å². The van der Waals surface area contributed by atoms with E-state index in [1.807, 2.05) is 0 Å². The molecule has 0 aliphatic rings. The average Bonchev–Trinajstić information content (AvgIpc) is 2.26. The largest absolute Gasteiger partial charge is 0.396 e. The second kappa shape index (κ2) is 13.9. The maximum Gasteiger partial charge on any atom is 0.146 e. The topological polar surface area (TPSA) is 38.7 Å². The first kappa shape index (κ1) is 14.9. The number of ether oxygens (including phenoxy) is 2. The predicted octanol–water partition coefficient (Wildman–Crippen LogP) is 2.72. The summed E-state index contributed by atoms with van der Waals surface area (Å²) in [5.74, 6) is 0. The summed E-state index contributed by atoms with van der Waals surface area (Å²) in [7, 11) is 1.65. The lowest BCUT2D eigenvalue weighted by molar-refractivity contribution is -0.0315. The monoisotopic (exact) mass is 218 g/mol. The molecule has 15 heavy (non-hydrogen) atoms. The van der Waals surface area contributed by atoms with Crippen molar-refractivity contribution >= 4 is 0 Å². The van der Waals surface area contributed by atoms with Gasteiger partial charge >= 0.3 is 0 Å². The van der Waals surface area contributed by atoms with E-state index in [2.05, 4.69) is 0 Å². The van der Waals surface area contributed by atoms with Crippen LogP contribution in [-0.4, -0.2) is 32.2 Å². The van der Waals surface area contributed by atoms with E-state index in [0.717, 1.165) is 19.4 Å². The van der Waals surface area contributed by atoms with Crippen molar-refractivity contribution in [3.63, 3.8) is 0 Å². The number of hydrogen-bond donors (Lipinski definition) is 1. The molecule has 0 aromatic rings. The summed E-state index contributed by atoms with van der Waals surface area (Å²) >= 11 is 0. The van der Waals surface area contributed by atoms with Crippen molar-refractivity contribution in [2.45, 2.75) is 51.4 Å². The van der Waals surface area contributed by atoms with Gasteiger partial charge in [0, 0.05) is 20.3 Å². The first-order chi connectivity index (χ1) is 7.41. The third-order valence-electron chi connectivity index (χ3n) is 2.40. The molecule has 0 saturated heterocycles. The van der Waals surface area contributed by atoms with E-state index in [4.69, 9.17) is 14.6 Å². The molecule has 0 aliphatic heterocycles. The Labute approximate surface area is 93.8 Å². The smallest absolute Gasteiger partial charge is 0.146 e. The minimum absolute atomic E-state index is 0.344. The maximum absolute atomic E-state index is 8.59. The van der Waals surface area contributed by atoms with Crippen LogP contribution in [0.2, 0.25) is 0 Å². The zero-order valence-electron chi connectivity index (χ0n) is 10.0. The summed E-state index contributed by atoms with van der Waals surface area (Å²) < 4.78 is 9.97. The molecular weight excluding hydrogens is 192 g/mol. The average molecular weight is 218 g/mol. The van der Waals surface area contributed by atoms with Gasteiger partial charge in [-0.05, 0) is 12.8 Å². The molecule has 92 valence electrons. The van der Waals surface area contributed by atoms with Crippen LogP contribution in [0.4, 0.5) is 0 Å². The normalized spacial score (nSPS) is 10.8. The molecule has 0 spiro atoms. The van der Waals surface area contributed by atoms with Crippen molar-refractivity contribution in [1.82, 2.24) is 0 Å². The molecule has 1 N–H and O–H groups in total. The van der Waals surface area contributed by atoms with Gasteiger partial charge in [0.1, 0.15) is 6.79 Å². The molecular formula is C12H26O3. The zero-order valence-corrected chi connectivity index (χ0v) is 10.0. The third kappa shape index (κ3) is 13.9. The molecule has 0 aromatic heterocycles. The Morgan fingerprint density at radius 2 is 1.33 bits per heavy atom. The number of aliphatic hydroxyl groups is 1. The fourth-order valence-corrected chi connectivity index (χ4v) is 1.52. The number of unbranched alkanes of at least 4 members (excludes halogenated alkanes) is 7. The highest BCUT2D eigenvalue weighted by molar-refractivity contribution is 4.46. The van der Waals surface area contributed by atoms with E-state index in [1.165, 1.54) is 38.5 Å². The van der Waals surface area contributed by atoms with Crippen LogP contribution in [0.25, 0.3) is 0 Å². The van der Waals surface area contributed by atoms with E-state index in [1.54, 1.807) is 7.11 Å². The van der Waals surface area contributed by atoms with E-state index in [-0.39, 0.29) is 0 Å². The first-order valence-corrected chi connectivity index (χ1v) is 6.09. The van der Waals surface area contributed by atoms with Crippen LogP contribution in [0.3, 0.4) is 0 Å². The van der Waals surface area contributed by atoms with Crippen LogP contribution in [-0.2, 0) is 9.47 Å². The summed E-state index contributed by atoms with van der Waals surface area (Å²) in [4.78, 5) is 0. The number of aliphatic hydroxyl groups excluding tert-OH is 1. The molecule has 0 heterocycles. The third-order valence-corrected chi connectivity index (χ3v) is 2.40. The Balaban J connectivity index is 2.81. The maximum atomic E-state index is 8.59. The minimum Gasteiger partial charge on any atom is -0.396 e. The van der Waals surface area contributed by atoms with Crippen molar-refractivity contribution in [2.24, 2.45) is 0 Å². The fraction of sp³-hybridized carbons (Fsp3) is 1.00. The lowest BCUT2D eigenvalue weighted by Gasteiger charge is -2.03. The Hall–Kier alpha value is -0.120. The van der Waals surface area contributed by atoms with Crippen molar-refractivity contribution in [3.8, 4) is 0 Å². The van der Waals surface area contributed by atoms with Crippen LogP contribution in [0.1, 0.15) is 51.4 Å². The second-order valence-corrected chi connectivity index (χ2v) is 3.87. The lowest BCUT2D eigenvalue weighted by atomic mass is 10.1. The van der Waals surface area contributed by atoms with Gasteiger partial charge < -0.3 is 14.6 Å².